The van der Waals surface area contributed by atoms with Crippen molar-refractivity contribution >= 4 is 23.1 Å². The maximum absolute atomic E-state index is 11.0. The number of anilines is 1. The smallest absolute Gasteiger partial charge is 0.332 e. The molecule has 0 aromatic carbocycles. The third-order valence-electron chi connectivity index (χ3n) is 2.92. The van der Waals surface area contributed by atoms with Crippen LogP contribution >= 0.6 is 11.6 Å². The van der Waals surface area contributed by atoms with E-state index in [1.165, 1.54) is 0 Å². The van der Waals surface area contributed by atoms with Gasteiger partial charge in [-0.3, -0.25) is 10.1 Å². The van der Waals surface area contributed by atoms with Gasteiger partial charge < -0.3 is 4.90 Å². The molecule has 1 atom stereocenters. The third-order valence-corrected chi connectivity index (χ3v) is 3.09. The fourth-order valence-corrected chi connectivity index (χ4v) is 2.29. The summed E-state index contributed by atoms with van der Waals surface area (Å²) in [6, 6.07) is 0. The molecule has 6 nitrogen and oxygen atoms in total. The van der Waals surface area contributed by atoms with E-state index in [1.54, 1.807) is 6.92 Å². The van der Waals surface area contributed by atoms with E-state index in [1.807, 2.05) is 4.90 Å². The lowest BCUT2D eigenvalue weighted by atomic mass is 10.2. The first kappa shape index (κ1) is 12.0. The number of aryl methyl sites for hydroxylation is 1. The Balaban J connectivity index is 2.47. The zero-order chi connectivity index (χ0) is 12.6. The Labute approximate surface area is 104 Å². The van der Waals surface area contributed by atoms with E-state index >= 15 is 0 Å². The van der Waals surface area contributed by atoms with E-state index in [2.05, 4.69) is 16.9 Å². The van der Waals surface area contributed by atoms with E-state index in [9.17, 15) is 10.1 Å². The van der Waals surface area contributed by atoms with E-state index < -0.39 is 4.92 Å². The first-order valence-electron chi connectivity index (χ1n) is 5.42. The molecule has 1 aliphatic heterocycles. The molecular formula is C10H13ClN4O2. The molecule has 2 heterocycles. The zero-order valence-corrected chi connectivity index (χ0v) is 10.4. The van der Waals surface area contributed by atoms with Crippen molar-refractivity contribution in [2.45, 2.75) is 20.3 Å². The first-order valence-corrected chi connectivity index (χ1v) is 5.80. The Kier molecular flexibility index (Phi) is 3.15. The summed E-state index contributed by atoms with van der Waals surface area (Å²) in [5, 5.41) is 11.1. The van der Waals surface area contributed by atoms with Gasteiger partial charge in [-0.05, 0) is 30.9 Å². The van der Waals surface area contributed by atoms with Crippen LogP contribution in [0.1, 0.15) is 19.0 Å². The fraction of sp³-hybridized carbons (Fsp3) is 0.600. The maximum atomic E-state index is 11.0. The maximum Gasteiger partial charge on any atom is 0.332 e. The molecule has 17 heavy (non-hydrogen) atoms. The number of nitrogens with zero attached hydrogens (tertiary/aromatic N) is 4. The Morgan fingerprint density at radius 1 is 1.53 bits per heavy atom. The van der Waals surface area contributed by atoms with Crippen LogP contribution in [0.2, 0.25) is 5.28 Å². The van der Waals surface area contributed by atoms with E-state index in [4.69, 9.17) is 11.6 Å². The number of hydrogen-bond acceptors (Lipinski definition) is 5. The van der Waals surface area contributed by atoms with E-state index in [0.717, 1.165) is 19.5 Å². The molecule has 2 rings (SSSR count). The quantitative estimate of drug-likeness (QED) is 0.461. The zero-order valence-electron chi connectivity index (χ0n) is 9.68. The van der Waals surface area contributed by atoms with Gasteiger partial charge in [0.05, 0.1) is 4.92 Å². The normalized spacial score (nSPS) is 19.7. The van der Waals surface area contributed by atoms with Crippen molar-refractivity contribution in [2.75, 3.05) is 18.0 Å². The Hall–Kier alpha value is -1.43. The summed E-state index contributed by atoms with van der Waals surface area (Å²) >= 11 is 5.77. The van der Waals surface area contributed by atoms with Crippen LogP contribution in [0.15, 0.2) is 0 Å². The summed E-state index contributed by atoms with van der Waals surface area (Å²) < 4.78 is 0. The summed E-state index contributed by atoms with van der Waals surface area (Å²) in [4.78, 5) is 20.4. The van der Waals surface area contributed by atoms with Crippen molar-refractivity contribution in [1.29, 1.82) is 0 Å². The molecule has 1 aliphatic rings. The molecule has 1 fully saturated rings. The van der Waals surface area contributed by atoms with Gasteiger partial charge >= 0.3 is 5.69 Å². The second kappa shape index (κ2) is 4.44. The van der Waals surface area contributed by atoms with E-state index in [0.29, 0.717) is 17.4 Å². The number of hydrogen-bond donors (Lipinski definition) is 0. The minimum absolute atomic E-state index is 0.0384. The third kappa shape index (κ3) is 2.31. The predicted molar refractivity (Wildman–Crippen MR) is 64.4 cm³/mol. The molecule has 0 saturated carbocycles. The fourth-order valence-electron chi connectivity index (χ4n) is 2.08. The van der Waals surface area contributed by atoms with Crippen LogP contribution in [0.3, 0.4) is 0 Å². The van der Waals surface area contributed by atoms with Crippen LogP contribution in [-0.4, -0.2) is 28.0 Å². The molecule has 1 aromatic heterocycles. The molecule has 1 aromatic rings. The van der Waals surface area contributed by atoms with Crippen molar-refractivity contribution in [3.8, 4) is 0 Å². The minimum atomic E-state index is -0.440. The minimum Gasteiger partial charge on any atom is -0.350 e. The predicted octanol–water partition coefficient (Wildman–Crippen LogP) is 2.19. The van der Waals surface area contributed by atoms with Crippen molar-refractivity contribution in [3.63, 3.8) is 0 Å². The number of aromatic nitrogens is 2. The monoisotopic (exact) mass is 256 g/mol. The van der Waals surface area contributed by atoms with Crippen molar-refractivity contribution in [3.05, 3.63) is 21.1 Å². The van der Waals surface area contributed by atoms with Crippen LogP contribution < -0.4 is 4.90 Å². The molecule has 0 N–H and O–H groups in total. The molecule has 1 unspecified atom stereocenters. The molecule has 0 aliphatic carbocycles. The first-order chi connectivity index (χ1) is 7.99. The number of rotatable bonds is 2. The molecular weight excluding hydrogens is 244 g/mol. The lowest BCUT2D eigenvalue weighted by Crippen LogP contribution is -2.22. The van der Waals surface area contributed by atoms with Crippen molar-refractivity contribution in [1.82, 2.24) is 9.97 Å². The molecule has 0 bridgehead atoms. The lowest BCUT2D eigenvalue weighted by molar-refractivity contribution is -0.385. The summed E-state index contributed by atoms with van der Waals surface area (Å²) in [5.41, 5.74) is 0.271. The van der Waals surface area contributed by atoms with Gasteiger partial charge in [-0.2, -0.15) is 4.98 Å². The number of nitro groups is 1. The second-order valence-electron chi connectivity index (χ2n) is 4.35. The second-order valence-corrected chi connectivity index (χ2v) is 4.69. The average Bonchev–Trinajstić information content (AvgIpc) is 2.62. The SMILES string of the molecule is Cc1nc(Cl)nc(N2CCC(C)C2)c1[N+](=O)[O-]. The lowest BCUT2D eigenvalue weighted by Gasteiger charge is -2.17. The topological polar surface area (TPSA) is 72.2 Å². The average molecular weight is 257 g/mol. The molecule has 0 amide bonds. The van der Waals surface area contributed by atoms with Gasteiger partial charge in [0.15, 0.2) is 0 Å². The molecule has 0 spiro atoms. The van der Waals surface area contributed by atoms with Crippen LogP contribution in [-0.2, 0) is 0 Å². The summed E-state index contributed by atoms with van der Waals surface area (Å²) in [6.07, 6.45) is 1.01. The van der Waals surface area contributed by atoms with Gasteiger partial charge in [-0.1, -0.05) is 6.92 Å². The Morgan fingerprint density at radius 2 is 2.24 bits per heavy atom. The van der Waals surface area contributed by atoms with Gasteiger partial charge in [0.25, 0.3) is 0 Å². The highest BCUT2D eigenvalue weighted by atomic mass is 35.5. The highest BCUT2D eigenvalue weighted by Gasteiger charge is 2.29. The van der Waals surface area contributed by atoms with Gasteiger partial charge in [-0.15, -0.1) is 0 Å². The standard InChI is InChI=1S/C10H13ClN4O2/c1-6-3-4-14(5-6)9-8(15(16)17)7(2)12-10(11)13-9/h6H,3-5H2,1-2H3. The highest BCUT2D eigenvalue weighted by Crippen LogP contribution is 2.32. The highest BCUT2D eigenvalue weighted by molar-refractivity contribution is 6.28. The Morgan fingerprint density at radius 3 is 2.76 bits per heavy atom. The molecule has 1 saturated heterocycles. The summed E-state index contributed by atoms with van der Waals surface area (Å²) in [7, 11) is 0. The molecule has 7 heteroatoms. The van der Waals surface area contributed by atoms with Gasteiger partial charge in [0, 0.05) is 13.1 Å². The largest absolute Gasteiger partial charge is 0.350 e. The van der Waals surface area contributed by atoms with Gasteiger partial charge in [0.2, 0.25) is 11.1 Å². The van der Waals surface area contributed by atoms with Crippen LogP contribution in [0, 0.1) is 23.0 Å². The van der Waals surface area contributed by atoms with Gasteiger partial charge in [0.1, 0.15) is 5.69 Å². The van der Waals surface area contributed by atoms with E-state index in [-0.39, 0.29) is 11.0 Å². The summed E-state index contributed by atoms with van der Waals surface area (Å²) in [5.74, 6) is 0.862. The van der Waals surface area contributed by atoms with Crippen LogP contribution in [0.5, 0.6) is 0 Å². The number of halogens is 1. The van der Waals surface area contributed by atoms with Crippen molar-refractivity contribution < 1.29 is 4.92 Å². The van der Waals surface area contributed by atoms with Crippen LogP contribution in [0.4, 0.5) is 11.5 Å². The Bertz CT molecular complexity index is 466. The molecule has 0 radical (unpaired) electrons. The van der Waals surface area contributed by atoms with Crippen LogP contribution in [0.25, 0.3) is 0 Å². The van der Waals surface area contributed by atoms with Gasteiger partial charge in [-0.25, -0.2) is 4.98 Å². The van der Waals surface area contributed by atoms with Crippen molar-refractivity contribution in [2.24, 2.45) is 5.92 Å². The molecule has 92 valence electrons. The summed E-state index contributed by atoms with van der Waals surface area (Å²) in [6.45, 7) is 5.23.